The molecule has 0 saturated carbocycles. The molecule has 0 radical (unpaired) electrons. The van der Waals surface area contributed by atoms with Crippen molar-refractivity contribution < 1.29 is 4.74 Å². The molecule has 1 saturated heterocycles. The van der Waals surface area contributed by atoms with Gasteiger partial charge in [-0.1, -0.05) is 6.07 Å². The number of benzene rings is 1. The van der Waals surface area contributed by atoms with Crippen LogP contribution in [-0.2, 0) is 12.8 Å². The molecule has 3 heteroatoms. The van der Waals surface area contributed by atoms with E-state index >= 15 is 0 Å². The lowest BCUT2D eigenvalue weighted by molar-refractivity contribution is 0.243. The lowest BCUT2D eigenvalue weighted by Gasteiger charge is -2.19. The third-order valence-corrected chi connectivity index (χ3v) is 4.39. The number of nitrogens with zero attached hydrogens (tertiary/aromatic N) is 1. The van der Waals surface area contributed by atoms with Crippen molar-refractivity contribution in [2.75, 3.05) is 39.3 Å². The van der Waals surface area contributed by atoms with Crippen LogP contribution in [0.3, 0.4) is 0 Å². The molecule has 1 heterocycles. The molecular formula is C17H26N2O. The normalized spacial score (nSPS) is 19.6. The fraction of sp³-hybridized carbons (Fsp3) is 0.647. The standard InChI is InChI=1S/C17H26N2O/c1-4-15-6-7-17(14-16(15)5-1)20-13-3-11-19-10-2-8-18-9-12-19/h6-7,14,18H,1-5,8-13H2. The smallest absolute Gasteiger partial charge is 0.119 e. The van der Waals surface area contributed by atoms with Crippen LogP contribution in [0, 0.1) is 0 Å². The first-order chi connectivity index (χ1) is 9.92. The number of hydrogen-bond acceptors (Lipinski definition) is 3. The van der Waals surface area contributed by atoms with Crippen molar-refractivity contribution in [1.82, 2.24) is 10.2 Å². The number of aryl methyl sites for hydroxylation is 2. The van der Waals surface area contributed by atoms with E-state index in [9.17, 15) is 0 Å². The molecule has 0 atom stereocenters. The molecule has 3 nitrogen and oxygen atoms in total. The highest BCUT2D eigenvalue weighted by atomic mass is 16.5. The van der Waals surface area contributed by atoms with Crippen LogP contribution < -0.4 is 10.1 Å². The SMILES string of the molecule is c1cc2c(cc1OCCCN1CCCNCC1)CCC2. The predicted octanol–water partition coefficient (Wildman–Crippen LogP) is 2.24. The Kier molecular flexibility index (Phi) is 4.93. The van der Waals surface area contributed by atoms with Gasteiger partial charge in [-0.3, -0.25) is 0 Å². The van der Waals surface area contributed by atoms with Crippen LogP contribution in [0.4, 0.5) is 0 Å². The Balaban J connectivity index is 1.39. The first kappa shape index (κ1) is 13.9. The van der Waals surface area contributed by atoms with Crippen molar-refractivity contribution in [2.45, 2.75) is 32.1 Å². The number of ether oxygens (including phenoxy) is 1. The predicted molar refractivity (Wildman–Crippen MR) is 82.5 cm³/mol. The summed E-state index contributed by atoms with van der Waals surface area (Å²) in [6, 6.07) is 6.64. The van der Waals surface area contributed by atoms with E-state index in [4.69, 9.17) is 4.74 Å². The van der Waals surface area contributed by atoms with Gasteiger partial charge in [0, 0.05) is 19.6 Å². The molecular weight excluding hydrogens is 248 g/mol. The first-order valence-corrected chi connectivity index (χ1v) is 8.09. The van der Waals surface area contributed by atoms with Gasteiger partial charge in [-0.15, -0.1) is 0 Å². The summed E-state index contributed by atoms with van der Waals surface area (Å²) in [5, 5.41) is 3.44. The molecule has 1 fully saturated rings. The Bertz CT molecular complexity index is 425. The Hall–Kier alpha value is -1.06. The molecule has 0 spiro atoms. The molecule has 0 amide bonds. The second-order valence-corrected chi connectivity index (χ2v) is 5.93. The van der Waals surface area contributed by atoms with Crippen LogP contribution in [0.25, 0.3) is 0 Å². The molecule has 0 unspecified atom stereocenters. The van der Waals surface area contributed by atoms with Crippen molar-refractivity contribution in [3.05, 3.63) is 29.3 Å². The fourth-order valence-corrected chi connectivity index (χ4v) is 3.24. The Morgan fingerprint density at radius 2 is 2.00 bits per heavy atom. The van der Waals surface area contributed by atoms with Crippen molar-refractivity contribution >= 4 is 0 Å². The number of rotatable bonds is 5. The van der Waals surface area contributed by atoms with Crippen molar-refractivity contribution in [1.29, 1.82) is 0 Å². The van der Waals surface area contributed by atoms with Crippen molar-refractivity contribution in [3.8, 4) is 5.75 Å². The maximum atomic E-state index is 5.91. The fourth-order valence-electron chi connectivity index (χ4n) is 3.24. The van der Waals surface area contributed by atoms with Gasteiger partial charge in [-0.25, -0.2) is 0 Å². The molecule has 1 aliphatic carbocycles. The number of hydrogen-bond donors (Lipinski definition) is 1. The molecule has 0 aromatic heterocycles. The number of fused-ring (bicyclic) bond motifs is 1. The maximum absolute atomic E-state index is 5.91. The third kappa shape index (κ3) is 3.74. The molecule has 1 aliphatic heterocycles. The van der Waals surface area contributed by atoms with Gasteiger partial charge in [0.05, 0.1) is 6.61 Å². The average Bonchev–Trinajstić information content (AvgIpc) is 2.78. The maximum Gasteiger partial charge on any atom is 0.119 e. The molecule has 20 heavy (non-hydrogen) atoms. The van der Waals surface area contributed by atoms with Gasteiger partial charge in [0.25, 0.3) is 0 Å². The summed E-state index contributed by atoms with van der Waals surface area (Å²) in [7, 11) is 0. The largest absolute Gasteiger partial charge is 0.494 e. The lowest BCUT2D eigenvalue weighted by Crippen LogP contribution is -2.29. The lowest BCUT2D eigenvalue weighted by atomic mass is 10.1. The summed E-state index contributed by atoms with van der Waals surface area (Å²) in [6.07, 6.45) is 6.18. The zero-order chi connectivity index (χ0) is 13.6. The summed E-state index contributed by atoms with van der Waals surface area (Å²) >= 11 is 0. The highest BCUT2D eigenvalue weighted by Gasteiger charge is 2.11. The minimum atomic E-state index is 0.836. The quantitative estimate of drug-likeness (QED) is 0.833. The molecule has 1 N–H and O–H groups in total. The summed E-state index contributed by atoms with van der Waals surface area (Å²) < 4.78 is 5.91. The average molecular weight is 274 g/mol. The molecule has 0 bridgehead atoms. The second-order valence-electron chi connectivity index (χ2n) is 5.93. The summed E-state index contributed by atoms with van der Waals surface area (Å²) in [5.41, 5.74) is 3.02. The Morgan fingerprint density at radius 1 is 1.05 bits per heavy atom. The Morgan fingerprint density at radius 3 is 3.00 bits per heavy atom. The monoisotopic (exact) mass is 274 g/mol. The van der Waals surface area contributed by atoms with Crippen LogP contribution in [0.5, 0.6) is 5.75 Å². The van der Waals surface area contributed by atoms with Crippen molar-refractivity contribution in [3.63, 3.8) is 0 Å². The summed E-state index contributed by atoms with van der Waals surface area (Å²) in [4.78, 5) is 2.55. The first-order valence-electron chi connectivity index (χ1n) is 8.09. The van der Waals surface area contributed by atoms with E-state index in [0.29, 0.717) is 0 Å². The molecule has 110 valence electrons. The minimum absolute atomic E-state index is 0.836. The zero-order valence-corrected chi connectivity index (χ0v) is 12.4. The van der Waals surface area contributed by atoms with Gasteiger partial charge in [-0.05, 0) is 68.5 Å². The van der Waals surface area contributed by atoms with Crippen LogP contribution in [0.15, 0.2) is 18.2 Å². The van der Waals surface area contributed by atoms with Crippen LogP contribution in [0.2, 0.25) is 0 Å². The van der Waals surface area contributed by atoms with E-state index in [-0.39, 0.29) is 0 Å². The summed E-state index contributed by atoms with van der Waals surface area (Å²) in [5.74, 6) is 1.06. The summed E-state index contributed by atoms with van der Waals surface area (Å²) in [6.45, 7) is 6.70. The highest BCUT2D eigenvalue weighted by molar-refractivity contribution is 5.38. The minimum Gasteiger partial charge on any atom is -0.494 e. The van der Waals surface area contributed by atoms with E-state index in [2.05, 4.69) is 28.4 Å². The molecule has 3 rings (SSSR count). The van der Waals surface area contributed by atoms with Gasteiger partial charge >= 0.3 is 0 Å². The van der Waals surface area contributed by atoms with E-state index in [1.165, 1.54) is 56.4 Å². The van der Waals surface area contributed by atoms with Crippen LogP contribution >= 0.6 is 0 Å². The highest BCUT2D eigenvalue weighted by Crippen LogP contribution is 2.26. The topological polar surface area (TPSA) is 24.5 Å². The molecule has 1 aromatic carbocycles. The Labute approximate surface area is 122 Å². The van der Waals surface area contributed by atoms with Crippen LogP contribution in [-0.4, -0.2) is 44.2 Å². The third-order valence-electron chi connectivity index (χ3n) is 4.39. The van der Waals surface area contributed by atoms with Gasteiger partial charge in [-0.2, -0.15) is 0 Å². The number of nitrogens with one attached hydrogen (secondary N) is 1. The van der Waals surface area contributed by atoms with Gasteiger partial charge < -0.3 is 15.0 Å². The van der Waals surface area contributed by atoms with Gasteiger partial charge in [0.15, 0.2) is 0 Å². The van der Waals surface area contributed by atoms with E-state index < -0.39 is 0 Å². The van der Waals surface area contributed by atoms with Crippen molar-refractivity contribution in [2.24, 2.45) is 0 Å². The molecule has 1 aromatic rings. The van der Waals surface area contributed by atoms with E-state index in [1.807, 2.05) is 0 Å². The zero-order valence-electron chi connectivity index (χ0n) is 12.4. The van der Waals surface area contributed by atoms with Crippen LogP contribution in [0.1, 0.15) is 30.4 Å². The van der Waals surface area contributed by atoms with Gasteiger partial charge in [0.1, 0.15) is 5.75 Å². The second kappa shape index (κ2) is 7.09. The van der Waals surface area contributed by atoms with Gasteiger partial charge in [0.2, 0.25) is 0 Å². The van der Waals surface area contributed by atoms with E-state index in [0.717, 1.165) is 31.9 Å². The van der Waals surface area contributed by atoms with E-state index in [1.54, 1.807) is 0 Å². The molecule has 2 aliphatic rings.